The summed E-state index contributed by atoms with van der Waals surface area (Å²) in [5, 5.41) is 5.81. The van der Waals surface area contributed by atoms with Gasteiger partial charge in [0.1, 0.15) is 5.82 Å². The van der Waals surface area contributed by atoms with E-state index >= 15 is 0 Å². The molecule has 194 valence electrons. The zero-order chi connectivity index (χ0) is 27.0. The normalized spacial score (nSPS) is 11.5. The second kappa shape index (κ2) is 15.6. The van der Waals surface area contributed by atoms with E-state index in [1.807, 2.05) is 43.3 Å². The molecule has 3 aromatic rings. The van der Waals surface area contributed by atoms with Crippen LogP contribution in [0.3, 0.4) is 0 Å². The molecule has 0 bridgehead atoms. The molecule has 0 radical (unpaired) electrons. The molecule has 1 amide bonds. The Morgan fingerprint density at radius 3 is 2.14 bits per heavy atom. The van der Waals surface area contributed by atoms with E-state index in [1.165, 1.54) is 23.9 Å². The van der Waals surface area contributed by atoms with Crippen molar-refractivity contribution in [3.63, 3.8) is 0 Å². The maximum absolute atomic E-state index is 12.7. The van der Waals surface area contributed by atoms with Gasteiger partial charge in [-0.05, 0) is 67.3 Å². The molecular weight excluding hydrogens is 465 g/mol. The fraction of sp³-hybridized carbons (Fsp3) is 0.167. The molecule has 3 rings (SSSR count). The molecule has 3 aromatic carbocycles. The van der Waals surface area contributed by atoms with Crippen LogP contribution < -0.4 is 27.6 Å². The monoisotopic (exact) mass is 501 g/mol. The van der Waals surface area contributed by atoms with Crippen LogP contribution in [0.1, 0.15) is 18.1 Å². The van der Waals surface area contributed by atoms with E-state index in [1.54, 1.807) is 37.4 Å². The Morgan fingerprint density at radius 1 is 0.946 bits per heavy atom. The van der Waals surface area contributed by atoms with Crippen LogP contribution in [0.5, 0.6) is 0 Å². The van der Waals surface area contributed by atoms with Gasteiger partial charge < -0.3 is 21.8 Å². The molecule has 6 nitrogen and oxygen atoms in total. The van der Waals surface area contributed by atoms with Crippen molar-refractivity contribution in [1.82, 2.24) is 10.6 Å². The number of likely N-dealkylation sites (N-methyl/N-ethyl adjacent to an activating group) is 1. The Kier molecular flexibility index (Phi) is 12.2. The van der Waals surface area contributed by atoms with E-state index < -0.39 is 0 Å². The molecular formula is C30H36FN5O. The van der Waals surface area contributed by atoms with Crippen molar-refractivity contribution in [2.24, 2.45) is 11.6 Å². The predicted molar refractivity (Wildman–Crippen MR) is 152 cm³/mol. The highest BCUT2D eigenvalue weighted by Crippen LogP contribution is 2.19. The zero-order valence-electron chi connectivity index (χ0n) is 21.6. The lowest BCUT2D eigenvalue weighted by Gasteiger charge is -2.10. The number of hydrogen-bond donors (Lipinski definition) is 5. The molecule has 0 unspecified atom stereocenters. The summed E-state index contributed by atoms with van der Waals surface area (Å²) in [6.45, 7) is 4.55. The Morgan fingerprint density at radius 2 is 1.57 bits per heavy atom. The second-order valence-corrected chi connectivity index (χ2v) is 8.13. The number of hydrazine groups is 1. The number of allylic oxidation sites excluding steroid dienone is 2. The molecule has 0 aliphatic rings. The lowest BCUT2D eigenvalue weighted by atomic mass is 10.0. The highest BCUT2D eigenvalue weighted by Gasteiger charge is 2.03. The summed E-state index contributed by atoms with van der Waals surface area (Å²) in [5.74, 6) is 5.16. The van der Waals surface area contributed by atoms with Crippen molar-refractivity contribution in [2.45, 2.75) is 20.3 Å². The van der Waals surface area contributed by atoms with Gasteiger partial charge in [0.05, 0.1) is 5.69 Å². The number of nitrogens with one attached hydrogen (secondary N) is 3. The molecule has 0 saturated heterocycles. The fourth-order valence-electron chi connectivity index (χ4n) is 3.41. The van der Waals surface area contributed by atoms with Gasteiger partial charge >= 0.3 is 0 Å². The summed E-state index contributed by atoms with van der Waals surface area (Å²) in [6.07, 6.45) is 7.50. The third kappa shape index (κ3) is 9.66. The minimum absolute atomic E-state index is 0.136. The van der Waals surface area contributed by atoms with Crippen LogP contribution in [0, 0.1) is 12.7 Å². The van der Waals surface area contributed by atoms with E-state index in [4.69, 9.17) is 11.6 Å². The molecule has 0 fully saturated rings. The van der Waals surface area contributed by atoms with Crippen LogP contribution in [0.4, 0.5) is 10.1 Å². The van der Waals surface area contributed by atoms with Crippen molar-refractivity contribution >= 4 is 11.6 Å². The number of nitrogen functional groups attached to an aromatic ring is 1. The summed E-state index contributed by atoms with van der Waals surface area (Å²) in [4.78, 5) is 11.6. The van der Waals surface area contributed by atoms with Crippen molar-refractivity contribution in [2.75, 3.05) is 19.0 Å². The number of para-hydroxylation sites is 1. The van der Waals surface area contributed by atoms with Gasteiger partial charge in [-0.2, -0.15) is 0 Å². The van der Waals surface area contributed by atoms with Crippen molar-refractivity contribution in [1.29, 1.82) is 0 Å². The number of halogens is 1. The van der Waals surface area contributed by atoms with Gasteiger partial charge in [0, 0.05) is 31.1 Å². The van der Waals surface area contributed by atoms with Gasteiger partial charge in [-0.15, -0.1) is 0 Å². The van der Waals surface area contributed by atoms with Crippen LogP contribution in [0.2, 0.25) is 0 Å². The number of benzene rings is 3. The van der Waals surface area contributed by atoms with Crippen molar-refractivity contribution in [3.8, 4) is 11.1 Å². The molecule has 0 saturated carbocycles. The third-order valence-corrected chi connectivity index (χ3v) is 5.55. The minimum atomic E-state index is -0.194. The van der Waals surface area contributed by atoms with Crippen LogP contribution in [-0.2, 0) is 11.2 Å². The number of carbonyl (C=O) groups is 1. The van der Waals surface area contributed by atoms with Crippen LogP contribution in [0.15, 0.2) is 108 Å². The Hall–Kier alpha value is -4.36. The lowest BCUT2D eigenvalue weighted by Crippen LogP contribution is -2.20. The largest absolute Gasteiger partial charge is 0.403 e. The van der Waals surface area contributed by atoms with Crippen LogP contribution in [-0.4, -0.2) is 19.5 Å². The van der Waals surface area contributed by atoms with Gasteiger partial charge in [-0.1, -0.05) is 66.2 Å². The number of aryl methyl sites for hydroxylation is 1. The highest BCUT2D eigenvalue weighted by atomic mass is 19.1. The molecule has 0 aromatic heterocycles. The highest BCUT2D eigenvalue weighted by molar-refractivity contribution is 5.95. The van der Waals surface area contributed by atoms with Crippen LogP contribution >= 0.6 is 0 Å². The maximum atomic E-state index is 12.7. The smallest absolute Gasteiger partial charge is 0.250 e. The summed E-state index contributed by atoms with van der Waals surface area (Å²) in [7, 11) is 1.60. The number of anilines is 1. The molecule has 0 spiro atoms. The average molecular weight is 502 g/mol. The average Bonchev–Trinajstić information content (AvgIpc) is 2.93. The van der Waals surface area contributed by atoms with E-state index in [0.29, 0.717) is 12.1 Å². The van der Waals surface area contributed by atoms with Gasteiger partial charge in [0.2, 0.25) is 0 Å². The van der Waals surface area contributed by atoms with Gasteiger partial charge in [0.25, 0.3) is 5.91 Å². The number of nitrogens with two attached hydrogens (primary N) is 2. The fourth-order valence-corrected chi connectivity index (χ4v) is 3.41. The predicted octanol–water partition coefficient (Wildman–Crippen LogP) is 4.95. The van der Waals surface area contributed by atoms with Gasteiger partial charge in [-0.3, -0.25) is 10.6 Å². The number of rotatable bonds is 9. The quantitative estimate of drug-likeness (QED) is 0.123. The van der Waals surface area contributed by atoms with Gasteiger partial charge in [-0.25, -0.2) is 4.39 Å². The number of amides is 1. The minimum Gasteiger partial charge on any atom is -0.403 e. The SMILES string of the molecule is C\C=C(/C=C\C(=C\N)NCCc1ccccc1NN)C(=O)NC.Cc1ccc(-c2ccc(F)cc2)cc1. The molecule has 0 atom stereocenters. The molecule has 7 N–H and O–H groups in total. The van der Waals surface area contributed by atoms with E-state index in [0.717, 1.165) is 34.5 Å². The second-order valence-electron chi connectivity index (χ2n) is 8.13. The van der Waals surface area contributed by atoms with Crippen molar-refractivity contribution < 1.29 is 9.18 Å². The van der Waals surface area contributed by atoms with E-state index in [-0.39, 0.29) is 11.7 Å². The standard InChI is InChI=1S/C17H25N5O.C13H11F/c1-3-13(17(23)20-2)8-9-15(12-18)21-11-10-14-6-4-5-7-16(14)22-19;1-10-2-4-11(5-3-10)12-6-8-13(14)9-7-12/h3-9,12,21-22H,10-11,18-19H2,1-2H3,(H,20,23);2-9H,1H3/b9-8-,13-3+,15-12-;. The molecule has 0 aliphatic heterocycles. The lowest BCUT2D eigenvalue weighted by molar-refractivity contribution is -0.116. The Bertz CT molecular complexity index is 1170. The topological polar surface area (TPSA) is 105 Å². The van der Waals surface area contributed by atoms with E-state index in [9.17, 15) is 9.18 Å². The first-order chi connectivity index (χ1) is 17.9. The first-order valence-electron chi connectivity index (χ1n) is 12.0. The van der Waals surface area contributed by atoms with Crippen molar-refractivity contribution in [3.05, 3.63) is 125 Å². The Labute approximate surface area is 218 Å². The summed E-state index contributed by atoms with van der Waals surface area (Å²) >= 11 is 0. The first-order valence-corrected chi connectivity index (χ1v) is 12.0. The summed E-state index contributed by atoms with van der Waals surface area (Å²) < 4.78 is 12.7. The molecule has 7 heteroatoms. The molecule has 37 heavy (non-hydrogen) atoms. The number of hydrogen-bond acceptors (Lipinski definition) is 5. The number of carbonyl (C=O) groups excluding carboxylic acids is 1. The Balaban J connectivity index is 0.000000291. The van der Waals surface area contributed by atoms with Crippen LogP contribution in [0.25, 0.3) is 11.1 Å². The summed E-state index contributed by atoms with van der Waals surface area (Å²) in [6, 6.07) is 22.6. The zero-order valence-corrected chi connectivity index (χ0v) is 21.6. The van der Waals surface area contributed by atoms with Gasteiger partial charge in [0.15, 0.2) is 0 Å². The first kappa shape index (κ1) is 28.9. The summed E-state index contributed by atoms with van der Waals surface area (Å²) in [5.41, 5.74) is 15.0. The van der Waals surface area contributed by atoms with E-state index in [2.05, 4.69) is 35.1 Å². The molecule has 0 aliphatic carbocycles. The third-order valence-electron chi connectivity index (χ3n) is 5.55. The molecule has 0 heterocycles. The maximum Gasteiger partial charge on any atom is 0.250 e.